The van der Waals surface area contributed by atoms with E-state index in [4.69, 9.17) is 0 Å². The van der Waals surface area contributed by atoms with Crippen LogP contribution in [0.1, 0.15) is 23.0 Å². The summed E-state index contributed by atoms with van der Waals surface area (Å²) in [6.07, 6.45) is 2.15. The summed E-state index contributed by atoms with van der Waals surface area (Å²) in [7, 11) is 0. The maximum Gasteiger partial charge on any atom is 0.323 e. The molecular formula is C12H12BrN3O2. The predicted octanol–water partition coefficient (Wildman–Crippen LogP) is 2.28. The Bertz CT molecular complexity index is 630. The zero-order valence-electron chi connectivity index (χ0n) is 9.71. The van der Waals surface area contributed by atoms with Crippen LogP contribution < -0.4 is 11.0 Å². The molecule has 1 amide bonds. The summed E-state index contributed by atoms with van der Waals surface area (Å²) in [5.74, 6) is -0.342. The second kappa shape index (κ2) is 5.22. The molecule has 0 unspecified atom stereocenters. The highest BCUT2D eigenvalue weighted by Crippen LogP contribution is 2.21. The molecule has 94 valence electrons. The van der Waals surface area contributed by atoms with Crippen molar-refractivity contribution in [2.24, 2.45) is 0 Å². The number of hydrogen-bond acceptors (Lipinski definition) is 2. The molecule has 1 heterocycles. The number of amides is 1. The molecule has 5 nitrogen and oxygen atoms in total. The van der Waals surface area contributed by atoms with Crippen LogP contribution in [0.2, 0.25) is 0 Å². The first kappa shape index (κ1) is 12.6. The molecule has 0 aliphatic rings. The first-order chi connectivity index (χ1) is 8.60. The number of nitrogens with one attached hydrogen (secondary N) is 3. The third-order valence-electron chi connectivity index (χ3n) is 2.54. The average Bonchev–Trinajstić information content (AvgIpc) is 2.78. The van der Waals surface area contributed by atoms with E-state index in [-0.39, 0.29) is 11.6 Å². The van der Waals surface area contributed by atoms with Crippen molar-refractivity contribution in [3.63, 3.8) is 0 Å². The average molecular weight is 310 g/mol. The van der Waals surface area contributed by atoms with Gasteiger partial charge in [0.05, 0.1) is 0 Å². The molecule has 1 aromatic carbocycles. The molecule has 3 N–H and O–H groups in total. The number of benzene rings is 1. The number of anilines is 1. The number of carbonyl (C=O) groups is 1. The number of carbonyl (C=O) groups excluding carboxylic acids is 1. The van der Waals surface area contributed by atoms with E-state index in [2.05, 4.69) is 31.2 Å². The number of aromatic amines is 2. The Morgan fingerprint density at radius 3 is 2.83 bits per heavy atom. The van der Waals surface area contributed by atoms with Gasteiger partial charge in [-0.25, -0.2) is 4.79 Å². The van der Waals surface area contributed by atoms with E-state index < -0.39 is 5.69 Å². The highest BCUT2D eigenvalue weighted by molar-refractivity contribution is 9.10. The van der Waals surface area contributed by atoms with Gasteiger partial charge in [-0.1, -0.05) is 22.9 Å². The first-order valence-electron chi connectivity index (χ1n) is 5.47. The molecule has 6 heteroatoms. The summed E-state index contributed by atoms with van der Waals surface area (Å²) in [6, 6.07) is 5.63. The van der Waals surface area contributed by atoms with Gasteiger partial charge < -0.3 is 15.3 Å². The van der Waals surface area contributed by atoms with Crippen LogP contribution in [0.15, 0.2) is 33.7 Å². The maximum absolute atomic E-state index is 11.9. The van der Waals surface area contributed by atoms with Crippen LogP contribution in [-0.2, 0) is 6.42 Å². The molecule has 2 rings (SSSR count). The van der Waals surface area contributed by atoms with Crippen molar-refractivity contribution in [2.75, 3.05) is 5.32 Å². The van der Waals surface area contributed by atoms with Crippen LogP contribution in [0.25, 0.3) is 0 Å². The molecule has 0 aliphatic carbocycles. The lowest BCUT2D eigenvalue weighted by Gasteiger charge is -2.09. The summed E-state index contributed by atoms with van der Waals surface area (Å²) in [6.45, 7) is 2.01. The number of halogens is 1. The molecule has 0 spiro atoms. The van der Waals surface area contributed by atoms with Crippen molar-refractivity contribution < 1.29 is 4.79 Å². The topological polar surface area (TPSA) is 77.8 Å². The Hall–Kier alpha value is -1.82. The minimum absolute atomic E-state index is 0.213. The summed E-state index contributed by atoms with van der Waals surface area (Å²) >= 11 is 3.39. The lowest BCUT2D eigenvalue weighted by Crippen LogP contribution is -2.15. The van der Waals surface area contributed by atoms with Gasteiger partial charge in [-0.15, -0.1) is 0 Å². The molecule has 0 fully saturated rings. The van der Waals surface area contributed by atoms with Crippen LogP contribution in [0.4, 0.5) is 5.69 Å². The van der Waals surface area contributed by atoms with E-state index in [0.29, 0.717) is 0 Å². The van der Waals surface area contributed by atoms with Crippen molar-refractivity contribution in [3.05, 3.63) is 50.6 Å². The van der Waals surface area contributed by atoms with Crippen LogP contribution in [0.5, 0.6) is 0 Å². The lowest BCUT2D eigenvalue weighted by atomic mass is 10.1. The number of H-pyrrole nitrogens is 2. The smallest absolute Gasteiger partial charge is 0.320 e. The second-order valence-corrected chi connectivity index (χ2v) is 4.68. The van der Waals surface area contributed by atoms with Gasteiger partial charge in [0.2, 0.25) is 0 Å². The number of rotatable bonds is 3. The van der Waals surface area contributed by atoms with Gasteiger partial charge in [0.25, 0.3) is 5.91 Å². The van der Waals surface area contributed by atoms with Gasteiger partial charge in [0, 0.05) is 16.4 Å². The zero-order valence-corrected chi connectivity index (χ0v) is 11.3. The maximum atomic E-state index is 11.9. The number of aromatic nitrogens is 2. The number of hydrogen-bond donors (Lipinski definition) is 3. The summed E-state index contributed by atoms with van der Waals surface area (Å²) in [5, 5.41) is 2.77. The Morgan fingerprint density at radius 1 is 1.44 bits per heavy atom. The van der Waals surface area contributed by atoms with E-state index in [0.717, 1.165) is 22.1 Å². The van der Waals surface area contributed by atoms with Crippen LogP contribution in [0, 0.1) is 0 Å². The standard InChI is InChI=1S/C12H12BrN3O2/c1-2-7-5-8(13)3-4-9(7)15-11(17)10-6-14-12(18)16-10/h3-6H,2H2,1H3,(H,15,17)(H2,14,16,18). The molecule has 18 heavy (non-hydrogen) atoms. The molecular weight excluding hydrogens is 298 g/mol. The Kier molecular flexibility index (Phi) is 3.66. The molecule has 2 aromatic rings. The second-order valence-electron chi connectivity index (χ2n) is 3.77. The van der Waals surface area contributed by atoms with Crippen LogP contribution in [0.3, 0.4) is 0 Å². The SMILES string of the molecule is CCc1cc(Br)ccc1NC(=O)c1c[nH]c(=O)[nH]1. The molecule has 0 saturated carbocycles. The van der Waals surface area contributed by atoms with Crippen LogP contribution in [-0.4, -0.2) is 15.9 Å². The Labute approximate surface area is 112 Å². The number of imidazole rings is 1. The van der Waals surface area contributed by atoms with Crippen molar-refractivity contribution in [1.29, 1.82) is 0 Å². The monoisotopic (exact) mass is 309 g/mol. The molecule has 0 saturated heterocycles. The molecule has 0 atom stereocenters. The Morgan fingerprint density at radius 2 is 2.22 bits per heavy atom. The summed E-state index contributed by atoms with van der Waals surface area (Å²) in [5.41, 5.74) is 1.58. The van der Waals surface area contributed by atoms with Gasteiger partial charge in [-0.05, 0) is 30.2 Å². The van der Waals surface area contributed by atoms with Crippen molar-refractivity contribution in [2.45, 2.75) is 13.3 Å². The van der Waals surface area contributed by atoms with E-state index in [1.165, 1.54) is 6.20 Å². The van der Waals surface area contributed by atoms with Crippen LogP contribution >= 0.6 is 15.9 Å². The quantitative estimate of drug-likeness (QED) is 0.813. The highest BCUT2D eigenvalue weighted by atomic mass is 79.9. The Balaban J connectivity index is 2.24. The molecule has 0 radical (unpaired) electrons. The van der Waals surface area contributed by atoms with E-state index in [9.17, 15) is 9.59 Å². The fourth-order valence-electron chi connectivity index (χ4n) is 1.62. The van der Waals surface area contributed by atoms with Crippen molar-refractivity contribution in [1.82, 2.24) is 9.97 Å². The van der Waals surface area contributed by atoms with Crippen molar-refractivity contribution >= 4 is 27.5 Å². The lowest BCUT2D eigenvalue weighted by molar-refractivity contribution is 0.102. The molecule has 0 bridgehead atoms. The normalized spacial score (nSPS) is 10.3. The van der Waals surface area contributed by atoms with Gasteiger partial charge in [0.15, 0.2) is 0 Å². The summed E-state index contributed by atoms with van der Waals surface area (Å²) in [4.78, 5) is 27.6. The number of aryl methyl sites for hydroxylation is 1. The predicted molar refractivity (Wildman–Crippen MR) is 72.9 cm³/mol. The highest BCUT2D eigenvalue weighted by Gasteiger charge is 2.10. The fourth-order valence-corrected chi connectivity index (χ4v) is 2.03. The fraction of sp³-hybridized carbons (Fsp3) is 0.167. The minimum Gasteiger partial charge on any atom is -0.320 e. The third kappa shape index (κ3) is 2.70. The van der Waals surface area contributed by atoms with E-state index >= 15 is 0 Å². The van der Waals surface area contributed by atoms with E-state index in [1.54, 1.807) is 0 Å². The largest absolute Gasteiger partial charge is 0.323 e. The van der Waals surface area contributed by atoms with E-state index in [1.807, 2.05) is 25.1 Å². The first-order valence-corrected chi connectivity index (χ1v) is 6.27. The van der Waals surface area contributed by atoms with Gasteiger partial charge in [-0.3, -0.25) is 4.79 Å². The summed E-state index contributed by atoms with van der Waals surface area (Å²) < 4.78 is 0.965. The zero-order chi connectivity index (χ0) is 13.1. The van der Waals surface area contributed by atoms with Gasteiger partial charge in [0.1, 0.15) is 5.69 Å². The van der Waals surface area contributed by atoms with Gasteiger partial charge >= 0.3 is 5.69 Å². The molecule has 0 aliphatic heterocycles. The minimum atomic E-state index is -0.397. The third-order valence-corrected chi connectivity index (χ3v) is 3.03. The van der Waals surface area contributed by atoms with Crippen molar-refractivity contribution in [3.8, 4) is 0 Å². The molecule has 1 aromatic heterocycles. The van der Waals surface area contributed by atoms with Gasteiger partial charge in [-0.2, -0.15) is 0 Å².